The number of amides is 1. The third kappa shape index (κ3) is 5.47. The molecule has 3 N–H and O–H groups in total. The van der Waals surface area contributed by atoms with Gasteiger partial charge in [-0.3, -0.25) is 4.79 Å². The molecule has 5 nitrogen and oxygen atoms in total. The van der Waals surface area contributed by atoms with Crippen LogP contribution in [0, 0.1) is 5.92 Å². The lowest BCUT2D eigenvalue weighted by molar-refractivity contribution is -0.136. The Morgan fingerprint density at radius 2 is 2.00 bits per heavy atom. The van der Waals surface area contributed by atoms with Gasteiger partial charge in [0.1, 0.15) is 11.4 Å². The predicted molar refractivity (Wildman–Crippen MR) is 97.0 cm³/mol. The molecule has 0 saturated heterocycles. The summed E-state index contributed by atoms with van der Waals surface area (Å²) in [7, 11) is 0. The quantitative estimate of drug-likeness (QED) is 0.626. The first-order valence-corrected chi connectivity index (χ1v) is 9.28. The summed E-state index contributed by atoms with van der Waals surface area (Å²) in [6, 6.07) is 2.19. The zero-order chi connectivity index (χ0) is 23.0. The lowest BCUT2D eigenvalue weighted by Gasteiger charge is -2.28. The maximum absolute atomic E-state index is 13.5. The zero-order valence-electron chi connectivity index (χ0n) is 15.9. The van der Waals surface area contributed by atoms with Gasteiger partial charge in [0.05, 0.1) is 11.1 Å². The van der Waals surface area contributed by atoms with Crippen molar-refractivity contribution in [3.05, 3.63) is 29.5 Å². The fourth-order valence-electron chi connectivity index (χ4n) is 3.61. The van der Waals surface area contributed by atoms with Crippen molar-refractivity contribution >= 4 is 22.5 Å². The number of nitrogen functional groups attached to an aromatic ring is 1. The summed E-state index contributed by atoms with van der Waals surface area (Å²) in [6.45, 7) is -3.45. The van der Waals surface area contributed by atoms with E-state index in [0.29, 0.717) is 18.9 Å². The van der Waals surface area contributed by atoms with Crippen LogP contribution in [0.5, 0.6) is 5.75 Å². The highest BCUT2D eigenvalue weighted by Crippen LogP contribution is 2.39. The summed E-state index contributed by atoms with van der Waals surface area (Å²) in [5.74, 6) is -4.95. The van der Waals surface area contributed by atoms with E-state index in [1.165, 1.54) is 0 Å². The van der Waals surface area contributed by atoms with Gasteiger partial charge >= 0.3 is 12.8 Å². The Kier molecular flexibility index (Phi) is 6.19. The average Bonchev–Trinajstić information content (AvgIpc) is 2.64. The molecule has 2 aromatic rings. The van der Waals surface area contributed by atoms with E-state index in [1.807, 2.05) is 0 Å². The first kappa shape index (κ1) is 22.9. The maximum atomic E-state index is 13.5. The minimum absolute atomic E-state index is 0.0959. The number of nitrogens with two attached hydrogens (primary N) is 1. The molecule has 0 spiro atoms. The molecule has 0 aliphatic heterocycles. The summed E-state index contributed by atoms with van der Waals surface area (Å²) < 4.78 is 96.4. The second-order valence-corrected chi connectivity index (χ2v) is 7.37. The molecule has 1 amide bonds. The van der Waals surface area contributed by atoms with Crippen LogP contribution in [0.1, 0.15) is 41.7 Å². The molecule has 31 heavy (non-hydrogen) atoms. The zero-order valence-corrected chi connectivity index (χ0v) is 15.9. The van der Waals surface area contributed by atoms with E-state index < -0.39 is 59.5 Å². The van der Waals surface area contributed by atoms with E-state index in [4.69, 9.17) is 5.73 Å². The molecule has 1 saturated carbocycles. The normalized spacial score (nSPS) is 18.9. The number of pyridine rings is 1. The first-order chi connectivity index (χ1) is 14.4. The van der Waals surface area contributed by atoms with Gasteiger partial charge in [0.2, 0.25) is 5.92 Å². The highest BCUT2D eigenvalue weighted by molar-refractivity contribution is 6.00. The smallest absolute Gasteiger partial charge is 0.418 e. The number of alkyl halides is 7. The van der Waals surface area contributed by atoms with Crippen molar-refractivity contribution in [1.29, 1.82) is 0 Å². The second-order valence-electron chi connectivity index (χ2n) is 7.37. The number of ether oxygens (including phenoxy) is 1. The van der Waals surface area contributed by atoms with Crippen LogP contribution in [0.25, 0.3) is 10.9 Å². The van der Waals surface area contributed by atoms with Crippen molar-refractivity contribution in [2.24, 2.45) is 5.92 Å². The largest absolute Gasteiger partial charge is 0.435 e. The van der Waals surface area contributed by atoms with E-state index >= 15 is 0 Å². The van der Waals surface area contributed by atoms with Crippen LogP contribution in [-0.4, -0.2) is 30.0 Å². The van der Waals surface area contributed by atoms with Gasteiger partial charge in [-0.1, -0.05) is 0 Å². The molecule has 170 valence electrons. The Morgan fingerprint density at radius 3 is 2.61 bits per heavy atom. The number of anilines is 1. The van der Waals surface area contributed by atoms with Gasteiger partial charge in [0.15, 0.2) is 0 Å². The Labute approximate surface area is 171 Å². The van der Waals surface area contributed by atoms with Gasteiger partial charge in [-0.25, -0.2) is 13.8 Å². The van der Waals surface area contributed by atoms with Gasteiger partial charge in [-0.05, 0) is 37.0 Å². The molecule has 1 aliphatic carbocycles. The summed E-state index contributed by atoms with van der Waals surface area (Å²) >= 11 is 0. The molecular weight excluding hydrogens is 435 g/mol. The van der Waals surface area contributed by atoms with E-state index in [1.54, 1.807) is 0 Å². The van der Waals surface area contributed by atoms with E-state index in [-0.39, 0.29) is 24.0 Å². The molecule has 0 bridgehead atoms. The summed E-state index contributed by atoms with van der Waals surface area (Å²) in [5, 5.41) is 2.07. The van der Waals surface area contributed by atoms with Gasteiger partial charge in [-0.15, -0.1) is 0 Å². The SMILES string of the molecule is Nc1cc(C(=O)NC[C@H]2CCCC(F)(F)C2)nc2c(C(F)(F)F)cc(OC(F)F)cc12. The Bertz CT molecular complexity index is 979. The molecule has 3 rings (SSSR count). The number of benzene rings is 1. The maximum Gasteiger partial charge on any atom is 0.418 e. The monoisotopic (exact) mass is 453 g/mol. The third-order valence-corrected chi connectivity index (χ3v) is 4.98. The van der Waals surface area contributed by atoms with Crippen molar-refractivity contribution in [3.8, 4) is 5.75 Å². The molecule has 1 aromatic heterocycles. The Morgan fingerprint density at radius 1 is 1.29 bits per heavy atom. The van der Waals surface area contributed by atoms with Gasteiger partial charge in [0, 0.05) is 30.5 Å². The van der Waals surface area contributed by atoms with E-state index in [2.05, 4.69) is 15.0 Å². The number of aromatic nitrogens is 1. The molecule has 1 aliphatic rings. The van der Waals surface area contributed by atoms with Gasteiger partial charge in [-0.2, -0.15) is 22.0 Å². The van der Waals surface area contributed by atoms with Gasteiger partial charge in [0.25, 0.3) is 5.91 Å². The van der Waals surface area contributed by atoms with Crippen LogP contribution in [0.4, 0.5) is 36.4 Å². The fraction of sp³-hybridized carbons (Fsp3) is 0.474. The standard InChI is InChI=1S/C19H18F7N3O2/c20-17(21)31-10-4-11-13(27)6-14(29-15(11)12(5-10)19(24,25)26)16(30)28-8-9-2-1-3-18(22,23)7-9/h4-6,9,17H,1-3,7-8H2,(H2,27,29)(H,28,30)/t9-/m0/s1. The number of carbonyl (C=O) groups is 1. The van der Waals surface area contributed by atoms with Crippen LogP contribution < -0.4 is 15.8 Å². The molecule has 1 aromatic carbocycles. The number of hydrogen-bond acceptors (Lipinski definition) is 4. The summed E-state index contributed by atoms with van der Waals surface area (Å²) in [4.78, 5) is 16.1. The predicted octanol–water partition coefficient (Wildman–Crippen LogP) is 4.99. The molecular formula is C19H18F7N3O2. The van der Waals surface area contributed by atoms with Crippen LogP contribution in [0.3, 0.4) is 0 Å². The summed E-state index contributed by atoms with van der Waals surface area (Å²) in [6.07, 6.45) is -4.84. The van der Waals surface area contributed by atoms with Crippen LogP contribution in [0.2, 0.25) is 0 Å². The van der Waals surface area contributed by atoms with Crippen LogP contribution in [-0.2, 0) is 6.18 Å². The molecule has 1 atom stereocenters. The van der Waals surface area contributed by atoms with Crippen molar-refractivity contribution in [3.63, 3.8) is 0 Å². The van der Waals surface area contributed by atoms with Crippen molar-refractivity contribution in [1.82, 2.24) is 10.3 Å². The van der Waals surface area contributed by atoms with E-state index in [0.717, 1.165) is 12.1 Å². The lowest BCUT2D eigenvalue weighted by atomic mass is 9.86. The number of nitrogens with zero attached hydrogens (tertiary/aromatic N) is 1. The number of carbonyl (C=O) groups excluding carboxylic acids is 1. The average molecular weight is 453 g/mol. The topological polar surface area (TPSA) is 77.2 Å². The minimum atomic E-state index is -5.00. The highest BCUT2D eigenvalue weighted by atomic mass is 19.4. The Balaban J connectivity index is 1.90. The number of hydrogen-bond donors (Lipinski definition) is 2. The first-order valence-electron chi connectivity index (χ1n) is 9.28. The van der Waals surface area contributed by atoms with Crippen molar-refractivity contribution < 1.29 is 40.3 Å². The third-order valence-electron chi connectivity index (χ3n) is 4.98. The minimum Gasteiger partial charge on any atom is -0.435 e. The van der Waals surface area contributed by atoms with Crippen LogP contribution in [0.15, 0.2) is 18.2 Å². The second kappa shape index (κ2) is 8.39. The summed E-state index contributed by atoms with van der Waals surface area (Å²) in [5.41, 5.74) is 2.85. The highest BCUT2D eigenvalue weighted by Gasteiger charge is 2.37. The molecule has 0 radical (unpaired) electrons. The Hall–Kier alpha value is -2.79. The number of nitrogens with one attached hydrogen (secondary N) is 1. The lowest BCUT2D eigenvalue weighted by Crippen LogP contribution is -2.35. The molecule has 0 unspecified atom stereocenters. The number of rotatable bonds is 5. The molecule has 12 heteroatoms. The van der Waals surface area contributed by atoms with Crippen molar-refractivity contribution in [2.45, 2.75) is 44.4 Å². The molecule has 1 fully saturated rings. The van der Waals surface area contributed by atoms with Crippen LogP contribution >= 0.6 is 0 Å². The number of fused-ring (bicyclic) bond motifs is 1. The molecule has 1 heterocycles. The van der Waals surface area contributed by atoms with E-state index in [9.17, 15) is 35.5 Å². The van der Waals surface area contributed by atoms with Crippen molar-refractivity contribution in [2.75, 3.05) is 12.3 Å². The fourth-order valence-corrected chi connectivity index (χ4v) is 3.61. The van der Waals surface area contributed by atoms with Gasteiger partial charge < -0.3 is 15.8 Å². The number of halogens is 7.